The van der Waals surface area contributed by atoms with E-state index in [9.17, 15) is 8.78 Å². The van der Waals surface area contributed by atoms with Gasteiger partial charge in [0.2, 0.25) is 0 Å². The van der Waals surface area contributed by atoms with Gasteiger partial charge in [-0.15, -0.1) is 0 Å². The molecule has 0 unspecified atom stereocenters. The number of halogens is 3. The lowest BCUT2D eigenvalue weighted by Crippen LogP contribution is -2.46. The lowest BCUT2D eigenvalue weighted by molar-refractivity contribution is 0.0180. The van der Waals surface area contributed by atoms with Gasteiger partial charge in [0.25, 0.3) is 6.43 Å². The van der Waals surface area contributed by atoms with Crippen LogP contribution in [0.15, 0.2) is 22.9 Å². The van der Waals surface area contributed by atoms with Crippen LogP contribution in [-0.4, -0.2) is 42.5 Å². The molecule has 1 N–H and O–H groups in total. The molecule has 0 amide bonds. The summed E-state index contributed by atoms with van der Waals surface area (Å²) in [4.78, 5) is 5.83. The summed E-state index contributed by atoms with van der Waals surface area (Å²) in [6.45, 7) is 2.80. The third-order valence-electron chi connectivity index (χ3n) is 2.88. The Morgan fingerprint density at radius 1 is 1.29 bits per heavy atom. The number of piperazine rings is 1. The summed E-state index contributed by atoms with van der Waals surface area (Å²) in [5.41, 5.74) is 0.574. The van der Waals surface area contributed by atoms with E-state index in [4.69, 9.17) is 0 Å². The van der Waals surface area contributed by atoms with Crippen molar-refractivity contribution in [2.45, 2.75) is 12.5 Å². The molecule has 0 radical (unpaired) electrons. The van der Waals surface area contributed by atoms with Crippen LogP contribution in [0, 0.1) is 0 Å². The van der Waals surface area contributed by atoms with Crippen LogP contribution >= 0.6 is 15.9 Å². The van der Waals surface area contributed by atoms with E-state index in [2.05, 4.69) is 26.2 Å². The zero-order chi connectivity index (χ0) is 12.3. The van der Waals surface area contributed by atoms with Gasteiger partial charge in [-0.2, -0.15) is 0 Å². The van der Waals surface area contributed by atoms with Crippen molar-refractivity contribution in [3.8, 4) is 0 Å². The van der Waals surface area contributed by atoms with Crippen LogP contribution in [0.1, 0.15) is 11.6 Å². The molecule has 3 nitrogen and oxygen atoms in total. The summed E-state index contributed by atoms with van der Waals surface area (Å²) in [5, 5.41) is 3.16. The molecule has 1 saturated heterocycles. The Morgan fingerprint density at radius 2 is 2.00 bits per heavy atom. The number of rotatable bonds is 3. The van der Waals surface area contributed by atoms with Crippen molar-refractivity contribution < 1.29 is 8.78 Å². The molecule has 0 spiro atoms. The molecule has 2 heterocycles. The van der Waals surface area contributed by atoms with Crippen LogP contribution in [0.5, 0.6) is 0 Å². The summed E-state index contributed by atoms with van der Waals surface area (Å²) in [7, 11) is 0. The molecule has 94 valence electrons. The van der Waals surface area contributed by atoms with Crippen molar-refractivity contribution in [1.82, 2.24) is 15.2 Å². The van der Waals surface area contributed by atoms with Gasteiger partial charge < -0.3 is 5.32 Å². The first-order valence-corrected chi connectivity index (χ1v) is 6.32. The molecular formula is C11H14BrF2N3. The van der Waals surface area contributed by atoms with E-state index in [0.717, 1.165) is 13.1 Å². The van der Waals surface area contributed by atoms with E-state index < -0.39 is 12.5 Å². The second-order valence-corrected chi connectivity index (χ2v) is 4.79. The van der Waals surface area contributed by atoms with Crippen LogP contribution in [0.25, 0.3) is 0 Å². The van der Waals surface area contributed by atoms with E-state index in [1.807, 2.05) is 4.90 Å². The van der Waals surface area contributed by atoms with Crippen molar-refractivity contribution >= 4 is 15.9 Å². The zero-order valence-corrected chi connectivity index (χ0v) is 10.8. The topological polar surface area (TPSA) is 28.2 Å². The predicted molar refractivity (Wildman–Crippen MR) is 65.1 cm³/mol. The minimum atomic E-state index is -2.39. The van der Waals surface area contributed by atoms with E-state index in [1.165, 1.54) is 6.20 Å². The van der Waals surface area contributed by atoms with Crippen LogP contribution in [0.2, 0.25) is 0 Å². The molecule has 17 heavy (non-hydrogen) atoms. The fraction of sp³-hybridized carbons (Fsp3) is 0.545. The van der Waals surface area contributed by atoms with Crippen molar-refractivity contribution in [2.24, 2.45) is 0 Å². The molecule has 1 aromatic rings. The van der Waals surface area contributed by atoms with Gasteiger partial charge in [0.05, 0.1) is 6.04 Å². The fourth-order valence-electron chi connectivity index (χ4n) is 2.04. The van der Waals surface area contributed by atoms with Gasteiger partial charge >= 0.3 is 0 Å². The van der Waals surface area contributed by atoms with Crippen molar-refractivity contribution in [3.05, 3.63) is 28.5 Å². The number of nitrogens with zero attached hydrogens (tertiary/aromatic N) is 2. The van der Waals surface area contributed by atoms with E-state index in [-0.39, 0.29) is 0 Å². The van der Waals surface area contributed by atoms with Crippen LogP contribution in [-0.2, 0) is 0 Å². The maximum absolute atomic E-state index is 13.2. The first-order valence-electron chi connectivity index (χ1n) is 5.53. The molecule has 1 aliphatic heterocycles. The highest BCUT2D eigenvalue weighted by atomic mass is 79.9. The van der Waals surface area contributed by atoms with Crippen LogP contribution in [0.4, 0.5) is 8.78 Å². The molecule has 2 rings (SSSR count). The Morgan fingerprint density at radius 3 is 2.53 bits per heavy atom. The molecule has 0 saturated carbocycles. The van der Waals surface area contributed by atoms with E-state index in [0.29, 0.717) is 23.3 Å². The number of hydrogen-bond donors (Lipinski definition) is 1. The SMILES string of the molecule is FC(F)[C@@H](c1ccc(Br)nc1)N1CCNCC1. The highest BCUT2D eigenvalue weighted by molar-refractivity contribution is 9.10. The Labute approximate surface area is 107 Å². The van der Waals surface area contributed by atoms with E-state index in [1.54, 1.807) is 12.1 Å². The summed E-state index contributed by atoms with van der Waals surface area (Å²) >= 11 is 3.21. The molecule has 1 fully saturated rings. The molecule has 0 aromatic carbocycles. The highest BCUT2D eigenvalue weighted by Crippen LogP contribution is 2.27. The largest absolute Gasteiger partial charge is 0.314 e. The lowest BCUT2D eigenvalue weighted by Gasteiger charge is -2.34. The maximum atomic E-state index is 13.2. The van der Waals surface area contributed by atoms with Gasteiger partial charge in [-0.25, -0.2) is 13.8 Å². The second-order valence-electron chi connectivity index (χ2n) is 3.98. The van der Waals surface area contributed by atoms with Gasteiger partial charge in [-0.3, -0.25) is 4.90 Å². The Balaban J connectivity index is 2.18. The molecule has 1 aliphatic rings. The third-order valence-corrected chi connectivity index (χ3v) is 3.34. The summed E-state index contributed by atoms with van der Waals surface area (Å²) < 4.78 is 27.0. The van der Waals surface area contributed by atoms with E-state index >= 15 is 0 Å². The number of pyridine rings is 1. The molecule has 0 aliphatic carbocycles. The minimum Gasteiger partial charge on any atom is -0.314 e. The quantitative estimate of drug-likeness (QED) is 0.867. The van der Waals surface area contributed by atoms with Gasteiger partial charge in [0.15, 0.2) is 0 Å². The zero-order valence-electron chi connectivity index (χ0n) is 9.24. The molecule has 0 bridgehead atoms. The van der Waals surface area contributed by atoms with Gasteiger partial charge in [0.1, 0.15) is 4.60 Å². The summed E-state index contributed by atoms with van der Waals surface area (Å²) in [5.74, 6) is 0. The van der Waals surface area contributed by atoms with Crippen molar-refractivity contribution in [2.75, 3.05) is 26.2 Å². The Hall–Kier alpha value is -0.590. The minimum absolute atomic E-state index is 0.574. The third kappa shape index (κ3) is 3.20. The van der Waals surface area contributed by atoms with Crippen molar-refractivity contribution in [1.29, 1.82) is 0 Å². The normalized spacial score (nSPS) is 19.5. The predicted octanol–water partition coefficient (Wildman–Crippen LogP) is 2.06. The highest BCUT2D eigenvalue weighted by Gasteiger charge is 2.30. The smallest absolute Gasteiger partial charge is 0.258 e. The Bertz CT molecular complexity index is 352. The number of alkyl halides is 2. The average Bonchev–Trinajstić information content (AvgIpc) is 2.33. The average molecular weight is 306 g/mol. The van der Waals surface area contributed by atoms with Crippen LogP contribution < -0.4 is 5.32 Å². The summed E-state index contributed by atoms with van der Waals surface area (Å²) in [6.07, 6.45) is -0.876. The number of aromatic nitrogens is 1. The Kier molecular flexibility index (Phi) is 4.42. The standard InChI is InChI=1S/C11H14BrF2N3/c12-9-2-1-8(7-16-9)10(11(13)14)17-5-3-15-4-6-17/h1-2,7,10-11,15H,3-6H2/t10-/m1/s1. The second kappa shape index (κ2) is 5.84. The first kappa shape index (κ1) is 12.9. The molecule has 1 atom stereocenters. The number of hydrogen-bond acceptors (Lipinski definition) is 3. The fourth-order valence-corrected chi connectivity index (χ4v) is 2.27. The number of nitrogens with one attached hydrogen (secondary N) is 1. The van der Waals surface area contributed by atoms with Gasteiger partial charge in [0, 0.05) is 32.4 Å². The van der Waals surface area contributed by atoms with Crippen LogP contribution in [0.3, 0.4) is 0 Å². The lowest BCUT2D eigenvalue weighted by atomic mass is 10.1. The van der Waals surface area contributed by atoms with Gasteiger partial charge in [-0.1, -0.05) is 6.07 Å². The monoisotopic (exact) mass is 305 g/mol. The molecular weight excluding hydrogens is 292 g/mol. The van der Waals surface area contributed by atoms with Crippen molar-refractivity contribution in [3.63, 3.8) is 0 Å². The summed E-state index contributed by atoms with van der Waals surface area (Å²) in [6, 6.07) is 2.56. The van der Waals surface area contributed by atoms with Gasteiger partial charge in [-0.05, 0) is 27.6 Å². The molecule has 1 aromatic heterocycles. The first-order chi connectivity index (χ1) is 8.18. The molecule has 6 heteroatoms. The maximum Gasteiger partial charge on any atom is 0.258 e.